The smallest absolute Gasteiger partial charge is 0.250 e. The Morgan fingerprint density at radius 3 is 2.85 bits per heavy atom. The van der Waals surface area contributed by atoms with Crippen LogP contribution >= 0.6 is 15.9 Å². The Morgan fingerprint density at radius 1 is 1.35 bits per heavy atom. The lowest BCUT2D eigenvalue weighted by atomic mass is 10.2. The summed E-state index contributed by atoms with van der Waals surface area (Å²) in [7, 11) is 0. The molecular formula is C14H17BrFN3O. The van der Waals surface area contributed by atoms with Crippen molar-refractivity contribution in [3.63, 3.8) is 0 Å². The van der Waals surface area contributed by atoms with Crippen molar-refractivity contribution in [1.82, 2.24) is 15.5 Å². The Kier molecular flexibility index (Phi) is 5.25. The monoisotopic (exact) mass is 341 g/mol. The average molecular weight is 342 g/mol. The Hall–Kier alpha value is -1.27. The number of nitrogens with one attached hydrogen (secondary N) is 1. The minimum atomic E-state index is -0.377. The van der Waals surface area contributed by atoms with Gasteiger partial charge in [0.1, 0.15) is 5.82 Å². The molecule has 1 aromatic heterocycles. The van der Waals surface area contributed by atoms with Crippen molar-refractivity contribution in [1.29, 1.82) is 0 Å². The second-order valence-corrected chi connectivity index (χ2v) is 5.40. The van der Waals surface area contributed by atoms with Gasteiger partial charge < -0.3 is 9.73 Å². The van der Waals surface area contributed by atoms with E-state index in [-0.39, 0.29) is 17.7 Å². The summed E-state index contributed by atoms with van der Waals surface area (Å²) in [5.74, 6) is 0.323. The maximum absolute atomic E-state index is 13.8. The third kappa shape index (κ3) is 3.43. The molecule has 4 nitrogen and oxygen atoms in total. The van der Waals surface area contributed by atoms with Crippen LogP contribution in [-0.4, -0.2) is 16.7 Å². The third-order valence-electron chi connectivity index (χ3n) is 2.95. The first-order chi connectivity index (χ1) is 9.65. The van der Waals surface area contributed by atoms with Gasteiger partial charge in [-0.3, -0.25) is 0 Å². The molecule has 0 aliphatic carbocycles. The molecule has 2 rings (SSSR count). The van der Waals surface area contributed by atoms with Crippen LogP contribution in [0.5, 0.6) is 0 Å². The van der Waals surface area contributed by atoms with Crippen LogP contribution in [0.1, 0.15) is 38.6 Å². The number of aromatic nitrogens is 2. The first-order valence-electron chi connectivity index (χ1n) is 6.67. The Labute approximate surface area is 125 Å². The lowest BCUT2D eigenvalue weighted by Crippen LogP contribution is -2.21. The summed E-state index contributed by atoms with van der Waals surface area (Å²) in [5.41, 5.74) is 0.309. The van der Waals surface area contributed by atoms with Crippen LogP contribution in [0, 0.1) is 5.82 Å². The summed E-state index contributed by atoms with van der Waals surface area (Å²) in [6.45, 7) is 5.01. The van der Waals surface area contributed by atoms with Crippen LogP contribution in [0.4, 0.5) is 4.39 Å². The molecule has 0 fully saturated rings. The molecular weight excluding hydrogens is 325 g/mol. The van der Waals surface area contributed by atoms with Crippen molar-refractivity contribution in [2.75, 3.05) is 6.54 Å². The molecule has 0 saturated carbocycles. The molecule has 0 saturated heterocycles. The molecule has 0 bridgehead atoms. The zero-order valence-electron chi connectivity index (χ0n) is 11.5. The fourth-order valence-corrected chi connectivity index (χ4v) is 2.23. The minimum absolute atomic E-state index is 0.00594. The van der Waals surface area contributed by atoms with E-state index in [9.17, 15) is 4.39 Å². The first-order valence-corrected chi connectivity index (χ1v) is 7.47. The van der Waals surface area contributed by atoms with Gasteiger partial charge in [0.15, 0.2) is 0 Å². The highest BCUT2D eigenvalue weighted by Crippen LogP contribution is 2.27. The molecule has 1 aromatic carbocycles. The molecule has 1 atom stereocenters. The van der Waals surface area contributed by atoms with Gasteiger partial charge in [0.05, 0.1) is 11.6 Å². The van der Waals surface area contributed by atoms with Crippen molar-refractivity contribution in [2.24, 2.45) is 0 Å². The van der Waals surface area contributed by atoms with Crippen LogP contribution in [0.3, 0.4) is 0 Å². The van der Waals surface area contributed by atoms with Crippen molar-refractivity contribution in [3.05, 3.63) is 34.4 Å². The first kappa shape index (κ1) is 15.1. The Bertz CT molecular complexity index is 573. The van der Waals surface area contributed by atoms with E-state index in [4.69, 9.17) is 4.42 Å². The van der Waals surface area contributed by atoms with E-state index in [0.29, 0.717) is 11.5 Å². The van der Waals surface area contributed by atoms with Crippen molar-refractivity contribution >= 4 is 15.9 Å². The summed E-state index contributed by atoms with van der Waals surface area (Å²) in [5, 5.41) is 11.3. The molecule has 20 heavy (non-hydrogen) atoms. The van der Waals surface area contributed by atoms with Crippen LogP contribution in [0.25, 0.3) is 11.5 Å². The summed E-state index contributed by atoms with van der Waals surface area (Å²) < 4.78 is 20.2. The van der Waals surface area contributed by atoms with E-state index >= 15 is 0 Å². The van der Waals surface area contributed by atoms with E-state index in [0.717, 1.165) is 23.9 Å². The van der Waals surface area contributed by atoms with Crippen LogP contribution in [0.2, 0.25) is 0 Å². The molecule has 108 valence electrons. The van der Waals surface area contributed by atoms with Gasteiger partial charge in [-0.2, -0.15) is 0 Å². The van der Waals surface area contributed by atoms with Gasteiger partial charge in [-0.15, -0.1) is 10.2 Å². The van der Waals surface area contributed by atoms with E-state index < -0.39 is 0 Å². The van der Waals surface area contributed by atoms with Gasteiger partial charge >= 0.3 is 0 Å². The highest BCUT2D eigenvalue weighted by Gasteiger charge is 2.18. The number of halogens is 2. The molecule has 0 spiro atoms. The molecule has 0 aliphatic heterocycles. The van der Waals surface area contributed by atoms with Crippen LogP contribution in [0.15, 0.2) is 27.1 Å². The van der Waals surface area contributed by atoms with Gasteiger partial charge in [0.25, 0.3) is 5.89 Å². The van der Waals surface area contributed by atoms with E-state index in [1.165, 1.54) is 6.07 Å². The van der Waals surface area contributed by atoms with Crippen LogP contribution < -0.4 is 5.32 Å². The topological polar surface area (TPSA) is 51.0 Å². The standard InChI is InChI=1S/C14H17BrFN3O/c1-3-7-17-12(4-2)14-19-18-13(20-14)10-8-9(15)5-6-11(10)16/h5-6,8,12,17H,3-4,7H2,1-2H3. The minimum Gasteiger partial charge on any atom is -0.419 e. The lowest BCUT2D eigenvalue weighted by molar-refractivity contribution is 0.395. The molecule has 0 radical (unpaired) electrons. The predicted octanol–water partition coefficient (Wildman–Crippen LogP) is 4.09. The summed E-state index contributed by atoms with van der Waals surface area (Å²) in [4.78, 5) is 0. The number of hydrogen-bond donors (Lipinski definition) is 1. The van der Waals surface area contributed by atoms with Crippen LogP contribution in [-0.2, 0) is 0 Å². The maximum atomic E-state index is 13.8. The van der Waals surface area contributed by atoms with Gasteiger partial charge in [0.2, 0.25) is 5.89 Å². The van der Waals surface area contributed by atoms with Gasteiger partial charge in [-0.1, -0.05) is 29.8 Å². The normalized spacial score (nSPS) is 12.6. The maximum Gasteiger partial charge on any atom is 0.250 e. The average Bonchev–Trinajstić information content (AvgIpc) is 2.92. The van der Waals surface area contributed by atoms with E-state index in [1.807, 2.05) is 6.92 Å². The highest BCUT2D eigenvalue weighted by atomic mass is 79.9. The van der Waals surface area contributed by atoms with Crippen molar-refractivity contribution < 1.29 is 8.81 Å². The number of benzene rings is 1. The van der Waals surface area contributed by atoms with Gasteiger partial charge in [-0.05, 0) is 37.6 Å². The zero-order valence-corrected chi connectivity index (χ0v) is 13.1. The SMILES string of the molecule is CCCNC(CC)c1nnc(-c2cc(Br)ccc2F)o1. The molecule has 1 N–H and O–H groups in total. The fraction of sp³-hybridized carbons (Fsp3) is 0.429. The van der Waals surface area contributed by atoms with Crippen molar-refractivity contribution in [2.45, 2.75) is 32.7 Å². The molecule has 6 heteroatoms. The van der Waals surface area contributed by atoms with E-state index in [2.05, 4.69) is 38.4 Å². The third-order valence-corrected chi connectivity index (χ3v) is 3.44. The predicted molar refractivity (Wildman–Crippen MR) is 78.7 cm³/mol. The van der Waals surface area contributed by atoms with E-state index in [1.54, 1.807) is 12.1 Å². The number of hydrogen-bond acceptors (Lipinski definition) is 4. The Morgan fingerprint density at radius 2 is 2.15 bits per heavy atom. The molecule has 0 amide bonds. The largest absolute Gasteiger partial charge is 0.419 e. The summed E-state index contributed by atoms with van der Waals surface area (Å²) >= 11 is 3.31. The van der Waals surface area contributed by atoms with Crippen molar-refractivity contribution in [3.8, 4) is 11.5 Å². The quantitative estimate of drug-likeness (QED) is 0.859. The van der Waals surface area contributed by atoms with Gasteiger partial charge in [-0.25, -0.2) is 4.39 Å². The molecule has 2 aromatic rings. The molecule has 0 aliphatic rings. The summed E-state index contributed by atoms with van der Waals surface area (Å²) in [6, 6.07) is 4.64. The number of nitrogens with zero attached hydrogens (tertiary/aromatic N) is 2. The highest BCUT2D eigenvalue weighted by molar-refractivity contribution is 9.10. The molecule has 1 unspecified atom stereocenters. The fourth-order valence-electron chi connectivity index (χ4n) is 1.87. The molecule has 1 heterocycles. The second kappa shape index (κ2) is 6.95. The second-order valence-electron chi connectivity index (χ2n) is 4.48. The summed E-state index contributed by atoms with van der Waals surface area (Å²) in [6.07, 6.45) is 1.86. The zero-order chi connectivity index (χ0) is 14.5. The number of rotatable bonds is 6. The van der Waals surface area contributed by atoms with Gasteiger partial charge in [0, 0.05) is 4.47 Å². The Balaban J connectivity index is 2.25. The lowest BCUT2D eigenvalue weighted by Gasteiger charge is -2.11.